The minimum absolute atomic E-state index is 0.0889. The lowest BCUT2D eigenvalue weighted by Gasteiger charge is -2.05. The maximum Gasteiger partial charge on any atom is 0.240 e. The van der Waals surface area contributed by atoms with Crippen molar-refractivity contribution in [2.24, 2.45) is 7.05 Å². The molecule has 124 valence electrons. The van der Waals surface area contributed by atoms with E-state index in [1.807, 2.05) is 24.3 Å². The third-order valence-electron chi connectivity index (χ3n) is 3.42. The van der Waals surface area contributed by atoms with Crippen molar-refractivity contribution in [2.75, 3.05) is 0 Å². The van der Waals surface area contributed by atoms with E-state index >= 15 is 0 Å². The number of aromatic nitrogens is 3. The van der Waals surface area contributed by atoms with Gasteiger partial charge in [-0.25, -0.2) is 13.1 Å². The molecule has 0 aliphatic carbocycles. The summed E-state index contributed by atoms with van der Waals surface area (Å²) in [6, 6.07) is 13.4. The number of aryl methyl sites for hydroxylation is 1. The van der Waals surface area contributed by atoms with E-state index in [1.165, 1.54) is 24.3 Å². The number of pyridine rings is 1. The summed E-state index contributed by atoms with van der Waals surface area (Å²) in [5, 5.41) is 4.81. The summed E-state index contributed by atoms with van der Waals surface area (Å²) < 4.78 is 28.8. The van der Waals surface area contributed by atoms with E-state index < -0.39 is 10.0 Å². The van der Waals surface area contributed by atoms with Crippen LogP contribution in [0, 0.1) is 0 Å². The van der Waals surface area contributed by atoms with Crippen LogP contribution in [0.25, 0.3) is 11.4 Å². The second kappa shape index (κ2) is 6.72. The molecule has 8 heteroatoms. The number of rotatable bonds is 5. The molecular weight excluding hydrogens is 348 g/mol. The number of nitrogens with zero attached hydrogens (tertiary/aromatic N) is 3. The van der Waals surface area contributed by atoms with Gasteiger partial charge < -0.3 is 0 Å². The Morgan fingerprint density at radius 2 is 1.92 bits per heavy atom. The van der Waals surface area contributed by atoms with Gasteiger partial charge in [-0.15, -0.1) is 0 Å². The molecule has 0 saturated carbocycles. The van der Waals surface area contributed by atoms with E-state index in [9.17, 15) is 8.42 Å². The number of hydrogen-bond donors (Lipinski definition) is 1. The third kappa shape index (κ3) is 3.64. The SMILES string of the molecule is Cn1nc(CNS(=O)(=O)c2ccc(Cl)cc2)cc1-c1ccccn1. The first-order valence-corrected chi connectivity index (χ1v) is 9.01. The van der Waals surface area contributed by atoms with Crippen LogP contribution in [0.5, 0.6) is 0 Å². The van der Waals surface area contributed by atoms with E-state index in [1.54, 1.807) is 17.9 Å². The lowest BCUT2D eigenvalue weighted by atomic mass is 10.2. The van der Waals surface area contributed by atoms with Gasteiger partial charge >= 0.3 is 0 Å². The van der Waals surface area contributed by atoms with Gasteiger partial charge in [0, 0.05) is 18.3 Å². The van der Waals surface area contributed by atoms with Crippen molar-refractivity contribution in [3.63, 3.8) is 0 Å². The lowest BCUT2D eigenvalue weighted by molar-refractivity contribution is 0.579. The molecule has 0 saturated heterocycles. The Kier molecular flexibility index (Phi) is 4.66. The Labute approximate surface area is 145 Å². The molecule has 0 atom stereocenters. The standard InChI is InChI=1S/C16H15ClN4O2S/c1-21-16(15-4-2-3-9-18-15)10-13(20-21)11-19-24(22,23)14-7-5-12(17)6-8-14/h2-10,19H,11H2,1H3. The molecule has 3 aromatic rings. The summed E-state index contributed by atoms with van der Waals surface area (Å²) in [5.41, 5.74) is 2.20. The molecule has 1 aromatic carbocycles. The van der Waals surface area contributed by atoms with E-state index in [4.69, 9.17) is 11.6 Å². The van der Waals surface area contributed by atoms with Crippen molar-refractivity contribution in [1.29, 1.82) is 0 Å². The highest BCUT2D eigenvalue weighted by atomic mass is 35.5. The molecule has 1 N–H and O–H groups in total. The second-order valence-electron chi connectivity index (χ2n) is 5.14. The summed E-state index contributed by atoms with van der Waals surface area (Å²) in [6.45, 7) is 0.0889. The molecule has 6 nitrogen and oxygen atoms in total. The summed E-state index contributed by atoms with van der Waals surface area (Å²) >= 11 is 5.78. The predicted octanol–water partition coefficient (Wildman–Crippen LogP) is 2.61. The van der Waals surface area contributed by atoms with Gasteiger partial charge in [0.1, 0.15) is 0 Å². The van der Waals surface area contributed by atoms with Crippen LogP contribution in [-0.4, -0.2) is 23.2 Å². The van der Waals surface area contributed by atoms with Crippen molar-refractivity contribution in [2.45, 2.75) is 11.4 Å². The number of hydrogen-bond acceptors (Lipinski definition) is 4. The van der Waals surface area contributed by atoms with E-state index in [-0.39, 0.29) is 11.4 Å². The first-order chi connectivity index (χ1) is 11.5. The largest absolute Gasteiger partial charge is 0.266 e. The zero-order valence-corrected chi connectivity index (χ0v) is 14.4. The van der Waals surface area contributed by atoms with Crippen LogP contribution in [0.15, 0.2) is 59.6 Å². The van der Waals surface area contributed by atoms with Crippen LogP contribution < -0.4 is 4.72 Å². The molecule has 0 aliphatic heterocycles. The first-order valence-electron chi connectivity index (χ1n) is 7.15. The minimum atomic E-state index is -3.62. The summed E-state index contributed by atoms with van der Waals surface area (Å²) in [6.07, 6.45) is 1.70. The maximum atomic E-state index is 12.3. The fourth-order valence-electron chi connectivity index (χ4n) is 2.23. The zero-order chi connectivity index (χ0) is 17.2. The fraction of sp³-hybridized carbons (Fsp3) is 0.125. The van der Waals surface area contributed by atoms with Gasteiger partial charge in [0.2, 0.25) is 10.0 Å². The van der Waals surface area contributed by atoms with E-state index in [2.05, 4.69) is 14.8 Å². The van der Waals surface area contributed by atoms with Gasteiger partial charge in [-0.1, -0.05) is 17.7 Å². The number of halogens is 1. The highest BCUT2D eigenvalue weighted by Crippen LogP contribution is 2.18. The number of sulfonamides is 1. The van der Waals surface area contributed by atoms with Crippen molar-refractivity contribution in [3.8, 4) is 11.4 Å². The zero-order valence-electron chi connectivity index (χ0n) is 12.8. The molecule has 0 spiro atoms. The maximum absolute atomic E-state index is 12.3. The Hall–Kier alpha value is -2.22. The van der Waals surface area contributed by atoms with Gasteiger partial charge in [0.25, 0.3) is 0 Å². The molecule has 0 amide bonds. The van der Waals surface area contributed by atoms with Crippen LogP contribution in [0.2, 0.25) is 5.02 Å². The summed E-state index contributed by atoms with van der Waals surface area (Å²) in [4.78, 5) is 4.44. The summed E-state index contributed by atoms with van der Waals surface area (Å²) in [7, 11) is -1.82. The van der Waals surface area contributed by atoms with Crippen molar-refractivity contribution in [3.05, 3.63) is 65.4 Å². The number of nitrogens with one attached hydrogen (secondary N) is 1. The highest BCUT2D eigenvalue weighted by Gasteiger charge is 2.15. The quantitative estimate of drug-likeness (QED) is 0.756. The Bertz CT molecular complexity index is 938. The molecule has 2 heterocycles. The number of benzene rings is 1. The molecule has 3 rings (SSSR count). The third-order valence-corrected chi connectivity index (χ3v) is 5.09. The van der Waals surface area contributed by atoms with Crippen LogP contribution in [-0.2, 0) is 23.6 Å². The van der Waals surface area contributed by atoms with Gasteiger partial charge in [0.05, 0.1) is 28.5 Å². The van der Waals surface area contributed by atoms with Gasteiger partial charge in [-0.2, -0.15) is 5.10 Å². The fourth-order valence-corrected chi connectivity index (χ4v) is 3.36. The second-order valence-corrected chi connectivity index (χ2v) is 7.34. The topological polar surface area (TPSA) is 76.9 Å². The van der Waals surface area contributed by atoms with Gasteiger partial charge in [0.15, 0.2) is 0 Å². The molecule has 0 aliphatic rings. The van der Waals surface area contributed by atoms with Crippen LogP contribution in [0.3, 0.4) is 0 Å². The predicted molar refractivity (Wildman–Crippen MR) is 91.9 cm³/mol. The normalized spacial score (nSPS) is 11.6. The average molecular weight is 363 g/mol. The van der Waals surface area contributed by atoms with E-state index in [0.29, 0.717) is 10.7 Å². The van der Waals surface area contributed by atoms with Gasteiger partial charge in [-0.3, -0.25) is 9.67 Å². The van der Waals surface area contributed by atoms with Gasteiger partial charge in [-0.05, 0) is 42.5 Å². The molecule has 0 unspecified atom stereocenters. The monoisotopic (exact) mass is 362 g/mol. The Morgan fingerprint density at radius 1 is 1.17 bits per heavy atom. The van der Waals surface area contributed by atoms with E-state index in [0.717, 1.165) is 11.4 Å². The summed E-state index contributed by atoms with van der Waals surface area (Å²) in [5.74, 6) is 0. The van der Waals surface area contributed by atoms with Crippen molar-refractivity contribution in [1.82, 2.24) is 19.5 Å². The Balaban J connectivity index is 1.77. The van der Waals surface area contributed by atoms with Crippen LogP contribution in [0.4, 0.5) is 0 Å². The van der Waals surface area contributed by atoms with Crippen molar-refractivity contribution >= 4 is 21.6 Å². The van der Waals surface area contributed by atoms with Crippen molar-refractivity contribution < 1.29 is 8.42 Å². The molecule has 0 bridgehead atoms. The van der Waals surface area contributed by atoms with Crippen LogP contribution >= 0.6 is 11.6 Å². The Morgan fingerprint density at radius 3 is 2.58 bits per heavy atom. The molecule has 2 aromatic heterocycles. The average Bonchev–Trinajstić information content (AvgIpc) is 2.95. The first kappa shape index (κ1) is 16.6. The minimum Gasteiger partial charge on any atom is -0.266 e. The molecule has 0 fully saturated rings. The molecule has 24 heavy (non-hydrogen) atoms. The molecular formula is C16H15ClN4O2S. The lowest BCUT2D eigenvalue weighted by Crippen LogP contribution is -2.23. The van der Waals surface area contributed by atoms with Crippen LogP contribution in [0.1, 0.15) is 5.69 Å². The molecule has 0 radical (unpaired) electrons. The smallest absolute Gasteiger partial charge is 0.240 e. The highest BCUT2D eigenvalue weighted by molar-refractivity contribution is 7.89.